The third-order valence-electron chi connectivity index (χ3n) is 5.39. The van der Waals surface area contributed by atoms with Crippen LogP contribution in [0.1, 0.15) is 57.4 Å². The Morgan fingerprint density at radius 3 is 2.23 bits per heavy atom. The summed E-state index contributed by atoms with van der Waals surface area (Å²) in [6.45, 7) is 7.45. The van der Waals surface area contributed by atoms with E-state index in [0.717, 1.165) is 24.1 Å². The Kier molecular flexibility index (Phi) is 10.2. The van der Waals surface area contributed by atoms with Crippen molar-refractivity contribution < 1.29 is 29.9 Å². The van der Waals surface area contributed by atoms with Gasteiger partial charge in [-0.1, -0.05) is 31.5 Å². The van der Waals surface area contributed by atoms with E-state index in [-0.39, 0.29) is 17.0 Å². The first-order valence-corrected chi connectivity index (χ1v) is 11.7. The van der Waals surface area contributed by atoms with Crippen LogP contribution in [0, 0.1) is 0 Å². The molecule has 1 fully saturated rings. The molecule has 0 amide bonds. The second kappa shape index (κ2) is 11.3. The maximum atomic E-state index is 11.6. The van der Waals surface area contributed by atoms with Crippen molar-refractivity contribution in [1.29, 1.82) is 0 Å². The summed E-state index contributed by atoms with van der Waals surface area (Å²) in [6.07, 6.45) is 11.3. The van der Waals surface area contributed by atoms with Gasteiger partial charge in [0.05, 0.1) is 38.1 Å². The number of anilines is 1. The van der Waals surface area contributed by atoms with E-state index < -0.39 is 10.0 Å². The number of rotatable bonds is 9. The van der Waals surface area contributed by atoms with Gasteiger partial charge in [0.25, 0.3) is 0 Å². The zero-order valence-corrected chi connectivity index (χ0v) is 18.7. The Labute approximate surface area is 170 Å². The van der Waals surface area contributed by atoms with Crippen LogP contribution in [0.5, 0.6) is 0 Å². The number of quaternary nitrogens is 1. The van der Waals surface area contributed by atoms with Gasteiger partial charge in [0, 0.05) is 6.42 Å². The monoisotopic (exact) mass is 446 g/mol. The molecule has 6 heteroatoms. The molecule has 26 heavy (non-hydrogen) atoms. The SMILES string of the molecule is CCCC[N+]1(CCCc2ccccc2NS(C)(=O)=O)CCCCCC1.[Br-]. The first-order chi connectivity index (χ1) is 11.9. The number of hydrogen-bond donors (Lipinski definition) is 1. The molecule has 1 saturated heterocycles. The molecule has 0 radical (unpaired) electrons. The van der Waals surface area contributed by atoms with Crippen LogP contribution in [0.3, 0.4) is 0 Å². The summed E-state index contributed by atoms with van der Waals surface area (Å²) in [5.41, 5.74) is 1.84. The van der Waals surface area contributed by atoms with Gasteiger partial charge in [-0.05, 0) is 50.2 Å². The number of para-hydroxylation sites is 1. The van der Waals surface area contributed by atoms with Gasteiger partial charge in [-0.3, -0.25) is 4.72 Å². The van der Waals surface area contributed by atoms with Crippen molar-refractivity contribution in [1.82, 2.24) is 0 Å². The van der Waals surface area contributed by atoms with Crippen LogP contribution < -0.4 is 21.7 Å². The van der Waals surface area contributed by atoms with Gasteiger partial charge in [-0.2, -0.15) is 0 Å². The quantitative estimate of drug-likeness (QED) is 0.578. The van der Waals surface area contributed by atoms with Crippen molar-refractivity contribution in [3.8, 4) is 0 Å². The van der Waals surface area contributed by atoms with Crippen LogP contribution in [0.25, 0.3) is 0 Å². The lowest BCUT2D eigenvalue weighted by molar-refractivity contribution is -0.927. The summed E-state index contributed by atoms with van der Waals surface area (Å²) in [7, 11) is -3.23. The number of unbranched alkanes of at least 4 members (excludes halogenated alkanes) is 1. The molecule has 0 unspecified atom stereocenters. The second-order valence-corrected chi connectivity index (χ2v) is 9.39. The molecule has 2 rings (SSSR count). The molecule has 1 aliphatic heterocycles. The zero-order chi connectivity index (χ0) is 18.2. The zero-order valence-electron chi connectivity index (χ0n) is 16.3. The summed E-state index contributed by atoms with van der Waals surface area (Å²) in [5.74, 6) is 0. The van der Waals surface area contributed by atoms with Crippen LogP contribution in [0.2, 0.25) is 0 Å². The molecule has 4 nitrogen and oxygen atoms in total. The molecular weight excluding hydrogens is 412 g/mol. The number of aryl methyl sites for hydroxylation is 1. The Balaban J connectivity index is 0.00000338. The van der Waals surface area contributed by atoms with Gasteiger partial charge in [-0.25, -0.2) is 8.42 Å². The lowest BCUT2D eigenvalue weighted by Crippen LogP contribution is -3.00. The molecule has 0 atom stereocenters. The molecule has 0 saturated carbocycles. The highest BCUT2D eigenvalue weighted by atomic mass is 79.9. The van der Waals surface area contributed by atoms with Crippen LogP contribution in [0.4, 0.5) is 5.69 Å². The van der Waals surface area contributed by atoms with E-state index in [1.54, 1.807) is 0 Å². The summed E-state index contributed by atoms with van der Waals surface area (Å²) in [5, 5.41) is 0. The third kappa shape index (κ3) is 7.97. The molecule has 0 aromatic heterocycles. The predicted molar refractivity (Wildman–Crippen MR) is 106 cm³/mol. The highest BCUT2D eigenvalue weighted by Gasteiger charge is 2.27. The second-order valence-electron chi connectivity index (χ2n) is 7.64. The molecule has 1 heterocycles. The summed E-state index contributed by atoms with van der Waals surface area (Å²) >= 11 is 0. The number of sulfonamides is 1. The molecular formula is C20H35BrN2O2S. The van der Waals surface area contributed by atoms with Crippen LogP contribution in [-0.4, -0.2) is 45.3 Å². The lowest BCUT2D eigenvalue weighted by atomic mass is 10.1. The van der Waals surface area contributed by atoms with E-state index >= 15 is 0 Å². The van der Waals surface area contributed by atoms with Crippen LogP contribution in [-0.2, 0) is 16.4 Å². The third-order valence-corrected chi connectivity index (χ3v) is 5.98. The normalized spacial score (nSPS) is 17.2. The predicted octanol–water partition coefficient (Wildman–Crippen LogP) is 1.19. The van der Waals surface area contributed by atoms with Crippen molar-refractivity contribution >= 4 is 15.7 Å². The molecule has 0 spiro atoms. The molecule has 1 N–H and O–H groups in total. The Bertz CT molecular complexity index is 626. The van der Waals surface area contributed by atoms with Crippen molar-refractivity contribution in [2.75, 3.05) is 37.2 Å². The van der Waals surface area contributed by atoms with Crippen molar-refractivity contribution in [2.45, 2.75) is 58.3 Å². The van der Waals surface area contributed by atoms with Crippen LogP contribution >= 0.6 is 0 Å². The smallest absolute Gasteiger partial charge is 0.229 e. The number of likely N-dealkylation sites (tertiary alicyclic amines) is 1. The summed E-state index contributed by atoms with van der Waals surface area (Å²) in [6, 6.07) is 7.80. The molecule has 1 aromatic rings. The fourth-order valence-corrected chi connectivity index (χ4v) is 4.65. The first-order valence-electron chi connectivity index (χ1n) is 9.85. The summed E-state index contributed by atoms with van der Waals surface area (Å²) in [4.78, 5) is 0. The fraction of sp³-hybridized carbons (Fsp3) is 0.700. The maximum absolute atomic E-state index is 11.6. The van der Waals surface area contributed by atoms with E-state index in [0.29, 0.717) is 0 Å². The minimum atomic E-state index is -3.23. The highest BCUT2D eigenvalue weighted by Crippen LogP contribution is 2.23. The average molecular weight is 447 g/mol. The number of hydrogen-bond acceptors (Lipinski definition) is 2. The molecule has 1 aliphatic rings. The van der Waals surface area contributed by atoms with Gasteiger partial charge in [0.15, 0.2) is 0 Å². The molecule has 0 bridgehead atoms. The molecule has 1 aromatic carbocycles. The van der Waals surface area contributed by atoms with E-state index in [1.165, 1.54) is 75.4 Å². The van der Waals surface area contributed by atoms with Gasteiger partial charge in [0.1, 0.15) is 0 Å². The van der Waals surface area contributed by atoms with Crippen molar-refractivity contribution in [3.63, 3.8) is 0 Å². The fourth-order valence-electron chi connectivity index (χ4n) is 4.05. The molecule has 0 aliphatic carbocycles. The number of benzene rings is 1. The first kappa shape index (κ1) is 23.4. The van der Waals surface area contributed by atoms with Crippen molar-refractivity contribution in [2.24, 2.45) is 0 Å². The largest absolute Gasteiger partial charge is 1.00 e. The minimum Gasteiger partial charge on any atom is -1.00 e. The highest BCUT2D eigenvalue weighted by molar-refractivity contribution is 7.92. The minimum absolute atomic E-state index is 0. The van der Waals surface area contributed by atoms with E-state index in [1.807, 2.05) is 24.3 Å². The Morgan fingerprint density at radius 2 is 1.62 bits per heavy atom. The lowest BCUT2D eigenvalue weighted by Gasteiger charge is -2.38. The Hall–Kier alpha value is -0.590. The van der Waals surface area contributed by atoms with Gasteiger partial charge in [-0.15, -0.1) is 0 Å². The number of nitrogens with zero attached hydrogens (tertiary/aromatic N) is 1. The van der Waals surface area contributed by atoms with Gasteiger partial charge < -0.3 is 21.5 Å². The van der Waals surface area contributed by atoms with Crippen LogP contribution in [0.15, 0.2) is 24.3 Å². The summed E-state index contributed by atoms with van der Waals surface area (Å²) < 4.78 is 27.1. The van der Waals surface area contributed by atoms with E-state index in [9.17, 15) is 8.42 Å². The van der Waals surface area contributed by atoms with E-state index in [2.05, 4.69) is 11.6 Å². The standard InChI is InChI=1S/C20H35N2O2S.BrH/c1-3-4-15-22(16-9-5-6-10-17-22)18-11-13-19-12-7-8-14-20(19)21-25(2,23)24;/h7-8,12,14,21H,3-6,9-11,13,15-18H2,1-2H3;1H/q+1;/p-1. The van der Waals surface area contributed by atoms with Crippen molar-refractivity contribution in [3.05, 3.63) is 29.8 Å². The van der Waals surface area contributed by atoms with E-state index in [4.69, 9.17) is 0 Å². The van der Waals surface area contributed by atoms with Gasteiger partial charge >= 0.3 is 0 Å². The number of nitrogens with one attached hydrogen (secondary N) is 1. The number of halogens is 1. The Morgan fingerprint density at radius 1 is 1.00 bits per heavy atom. The van der Waals surface area contributed by atoms with Gasteiger partial charge in [0.2, 0.25) is 10.0 Å². The molecule has 150 valence electrons. The topological polar surface area (TPSA) is 46.2 Å². The average Bonchev–Trinajstić information content (AvgIpc) is 2.79. The maximum Gasteiger partial charge on any atom is 0.229 e.